The number of nitrogens with zero attached hydrogens (tertiary/aromatic N) is 1. The Morgan fingerprint density at radius 1 is 1.00 bits per heavy atom. The standard InChI is InChI=1S/C23H23FN2O4S/c1-17-5-3-4-6-18(17)15-25-23(27)16-26(20-9-11-21(30-2)12-10-20)31(28,29)22-13-7-19(24)8-14-22/h3-14H,15-16H2,1-2H3,(H,25,27). The van der Waals surface area contributed by atoms with Crippen LogP contribution in [-0.4, -0.2) is 28.0 Å². The van der Waals surface area contributed by atoms with Crippen molar-refractivity contribution >= 4 is 21.6 Å². The number of aryl methyl sites for hydroxylation is 1. The fraction of sp³-hybridized carbons (Fsp3) is 0.174. The van der Waals surface area contributed by atoms with E-state index in [1.165, 1.54) is 19.2 Å². The summed E-state index contributed by atoms with van der Waals surface area (Å²) in [4.78, 5) is 12.6. The number of halogens is 1. The van der Waals surface area contributed by atoms with Crippen LogP contribution in [0.2, 0.25) is 0 Å². The number of carbonyl (C=O) groups is 1. The molecule has 1 amide bonds. The molecular weight excluding hydrogens is 419 g/mol. The molecule has 3 aromatic rings. The molecule has 0 saturated carbocycles. The van der Waals surface area contributed by atoms with Gasteiger partial charge in [-0.1, -0.05) is 24.3 Å². The maximum Gasteiger partial charge on any atom is 0.264 e. The minimum absolute atomic E-state index is 0.114. The number of nitrogens with one attached hydrogen (secondary N) is 1. The SMILES string of the molecule is COc1ccc(N(CC(=O)NCc2ccccc2C)S(=O)(=O)c2ccc(F)cc2)cc1. The van der Waals surface area contributed by atoms with E-state index in [9.17, 15) is 17.6 Å². The first-order chi connectivity index (χ1) is 14.8. The summed E-state index contributed by atoms with van der Waals surface area (Å²) in [5, 5.41) is 2.77. The van der Waals surface area contributed by atoms with E-state index in [2.05, 4.69) is 5.32 Å². The smallest absolute Gasteiger partial charge is 0.264 e. The molecule has 1 N–H and O–H groups in total. The molecule has 0 saturated heterocycles. The highest BCUT2D eigenvalue weighted by Gasteiger charge is 2.27. The molecule has 3 aromatic carbocycles. The van der Waals surface area contributed by atoms with Gasteiger partial charge in [-0.25, -0.2) is 12.8 Å². The summed E-state index contributed by atoms with van der Waals surface area (Å²) < 4.78 is 45.9. The molecule has 0 radical (unpaired) electrons. The van der Waals surface area contributed by atoms with Crippen molar-refractivity contribution in [3.05, 3.63) is 89.7 Å². The molecule has 0 aliphatic carbocycles. The number of amides is 1. The van der Waals surface area contributed by atoms with Crippen LogP contribution < -0.4 is 14.4 Å². The Kier molecular flexibility index (Phi) is 6.91. The van der Waals surface area contributed by atoms with E-state index < -0.39 is 28.3 Å². The van der Waals surface area contributed by atoms with Crippen LogP contribution in [0.25, 0.3) is 0 Å². The van der Waals surface area contributed by atoms with E-state index in [4.69, 9.17) is 4.74 Å². The van der Waals surface area contributed by atoms with E-state index in [0.717, 1.165) is 27.6 Å². The topological polar surface area (TPSA) is 75.7 Å². The van der Waals surface area contributed by atoms with Crippen molar-refractivity contribution in [1.82, 2.24) is 5.32 Å². The highest BCUT2D eigenvalue weighted by Crippen LogP contribution is 2.26. The summed E-state index contributed by atoms with van der Waals surface area (Å²) in [6.45, 7) is 1.78. The number of anilines is 1. The third-order valence-electron chi connectivity index (χ3n) is 4.79. The Bertz CT molecular complexity index is 1150. The normalized spacial score (nSPS) is 11.1. The second-order valence-electron chi connectivity index (χ2n) is 6.87. The van der Waals surface area contributed by atoms with Crippen LogP contribution in [0.3, 0.4) is 0 Å². The average Bonchev–Trinajstić information content (AvgIpc) is 2.77. The number of benzene rings is 3. The molecule has 0 aromatic heterocycles. The summed E-state index contributed by atoms with van der Waals surface area (Å²) in [6.07, 6.45) is 0. The van der Waals surface area contributed by atoms with Gasteiger partial charge in [-0.3, -0.25) is 9.10 Å². The van der Waals surface area contributed by atoms with Crippen molar-refractivity contribution in [2.75, 3.05) is 18.0 Å². The molecule has 31 heavy (non-hydrogen) atoms. The molecule has 0 spiro atoms. The molecule has 0 fully saturated rings. The molecule has 0 aliphatic rings. The third-order valence-corrected chi connectivity index (χ3v) is 6.57. The van der Waals surface area contributed by atoms with Gasteiger partial charge in [0.15, 0.2) is 0 Å². The van der Waals surface area contributed by atoms with E-state index in [1.54, 1.807) is 24.3 Å². The Morgan fingerprint density at radius 2 is 1.65 bits per heavy atom. The first-order valence-electron chi connectivity index (χ1n) is 9.55. The second kappa shape index (κ2) is 9.61. The van der Waals surface area contributed by atoms with Crippen molar-refractivity contribution in [3.63, 3.8) is 0 Å². The number of methoxy groups -OCH3 is 1. The molecule has 0 heterocycles. The largest absolute Gasteiger partial charge is 0.497 e. The zero-order chi connectivity index (χ0) is 22.4. The minimum atomic E-state index is -4.11. The lowest BCUT2D eigenvalue weighted by molar-refractivity contribution is -0.119. The molecule has 3 rings (SSSR count). The van der Waals surface area contributed by atoms with Gasteiger partial charge in [0.2, 0.25) is 5.91 Å². The minimum Gasteiger partial charge on any atom is -0.497 e. The van der Waals surface area contributed by atoms with Gasteiger partial charge in [0, 0.05) is 6.54 Å². The van der Waals surface area contributed by atoms with Gasteiger partial charge in [0.1, 0.15) is 18.1 Å². The third kappa shape index (κ3) is 5.40. The number of ether oxygens (including phenoxy) is 1. The van der Waals surface area contributed by atoms with Crippen LogP contribution in [-0.2, 0) is 21.4 Å². The van der Waals surface area contributed by atoms with Crippen LogP contribution >= 0.6 is 0 Å². The van der Waals surface area contributed by atoms with Gasteiger partial charge < -0.3 is 10.1 Å². The average molecular weight is 443 g/mol. The maximum absolute atomic E-state index is 13.3. The molecule has 0 aliphatic heterocycles. The van der Waals surface area contributed by atoms with Gasteiger partial charge in [-0.2, -0.15) is 0 Å². The monoisotopic (exact) mass is 442 g/mol. The summed E-state index contributed by atoms with van der Waals surface area (Å²) >= 11 is 0. The van der Waals surface area contributed by atoms with E-state index >= 15 is 0 Å². The van der Waals surface area contributed by atoms with Gasteiger partial charge in [-0.15, -0.1) is 0 Å². The van der Waals surface area contributed by atoms with E-state index in [0.29, 0.717) is 5.75 Å². The van der Waals surface area contributed by atoms with Crippen LogP contribution in [0.5, 0.6) is 5.75 Å². The van der Waals surface area contributed by atoms with Gasteiger partial charge in [0.05, 0.1) is 17.7 Å². The molecule has 8 heteroatoms. The zero-order valence-electron chi connectivity index (χ0n) is 17.2. The molecule has 162 valence electrons. The number of sulfonamides is 1. The quantitative estimate of drug-likeness (QED) is 0.578. The summed E-state index contributed by atoms with van der Waals surface area (Å²) in [5.41, 5.74) is 2.25. The van der Waals surface area contributed by atoms with Crippen LogP contribution in [0.15, 0.2) is 77.7 Å². The van der Waals surface area contributed by atoms with Crippen LogP contribution in [0.1, 0.15) is 11.1 Å². The lowest BCUT2D eigenvalue weighted by atomic mass is 10.1. The summed E-state index contributed by atoms with van der Waals surface area (Å²) in [7, 11) is -2.61. The molecule has 0 unspecified atom stereocenters. The maximum atomic E-state index is 13.3. The van der Waals surface area contributed by atoms with Crippen molar-refractivity contribution in [3.8, 4) is 5.75 Å². The Hall–Kier alpha value is -3.39. The lowest BCUT2D eigenvalue weighted by Crippen LogP contribution is -2.40. The summed E-state index contributed by atoms with van der Waals surface area (Å²) in [5.74, 6) is -0.470. The predicted molar refractivity (Wildman–Crippen MR) is 117 cm³/mol. The first kappa shape index (κ1) is 22.3. The van der Waals surface area contributed by atoms with Crippen LogP contribution in [0, 0.1) is 12.7 Å². The lowest BCUT2D eigenvalue weighted by Gasteiger charge is -2.24. The van der Waals surface area contributed by atoms with Crippen molar-refractivity contribution in [2.45, 2.75) is 18.4 Å². The van der Waals surface area contributed by atoms with Gasteiger partial charge >= 0.3 is 0 Å². The molecule has 0 bridgehead atoms. The highest BCUT2D eigenvalue weighted by molar-refractivity contribution is 7.92. The predicted octanol–water partition coefficient (Wildman–Crippen LogP) is 3.65. The van der Waals surface area contributed by atoms with Gasteiger partial charge in [-0.05, 0) is 66.6 Å². The molecule has 0 atom stereocenters. The summed E-state index contributed by atoms with van der Waals surface area (Å²) in [6, 6.07) is 18.4. The number of hydrogen-bond donors (Lipinski definition) is 1. The number of hydrogen-bond acceptors (Lipinski definition) is 4. The van der Waals surface area contributed by atoms with Crippen molar-refractivity contribution in [1.29, 1.82) is 0 Å². The fourth-order valence-electron chi connectivity index (χ4n) is 2.99. The molecule has 6 nitrogen and oxygen atoms in total. The Balaban J connectivity index is 1.87. The van der Waals surface area contributed by atoms with E-state index in [1.807, 2.05) is 31.2 Å². The van der Waals surface area contributed by atoms with E-state index in [-0.39, 0.29) is 17.1 Å². The van der Waals surface area contributed by atoms with Gasteiger partial charge in [0.25, 0.3) is 10.0 Å². The van der Waals surface area contributed by atoms with Crippen LogP contribution in [0.4, 0.5) is 10.1 Å². The first-order valence-corrected chi connectivity index (χ1v) is 11.0. The molecular formula is C23H23FN2O4S. The Morgan fingerprint density at radius 3 is 2.26 bits per heavy atom. The van der Waals surface area contributed by atoms with Crippen molar-refractivity contribution in [2.24, 2.45) is 0 Å². The zero-order valence-corrected chi connectivity index (χ0v) is 18.0. The number of carbonyl (C=O) groups excluding carboxylic acids is 1. The second-order valence-corrected chi connectivity index (χ2v) is 8.73. The fourth-order valence-corrected chi connectivity index (χ4v) is 4.41. The Labute approximate surface area is 181 Å². The number of rotatable bonds is 8. The highest BCUT2D eigenvalue weighted by atomic mass is 32.2. The van der Waals surface area contributed by atoms with Crippen molar-refractivity contribution < 1.29 is 22.3 Å².